The topological polar surface area (TPSA) is 124 Å². The average molecular weight is 559 g/mol. The minimum Gasteiger partial charge on any atom is -0.507 e. The van der Waals surface area contributed by atoms with Gasteiger partial charge in [-0.1, -0.05) is 23.5 Å². The Morgan fingerprint density at radius 1 is 0.975 bits per heavy atom. The Hall–Kier alpha value is -4.90. The SMILES string of the molecule is COC(=O)c1ccc([C@@H]2C(=C(O)c3ccc4c(c3)OCCO4)C(=O)C(=O)N2c2nc3ccc(OC)cc3s2)cc1. The molecule has 1 fully saturated rings. The molecule has 6 rings (SSSR count). The third-order valence-electron chi connectivity index (χ3n) is 6.70. The van der Waals surface area contributed by atoms with Gasteiger partial charge in [0, 0.05) is 5.56 Å². The number of thiazole rings is 1. The quantitative estimate of drug-likeness (QED) is 0.163. The van der Waals surface area contributed by atoms with E-state index in [1.807, 2.05) is 0 Å². The van der Waals surface area contributed by atoms with Crippen LogP contribution in [0.15, 0.2) is 66.2 Å². The lowest BCUT2D eigenvalue weighted by Crippen LogP contribution is -2.29. The van der Waals surface area contributed by atoms with Crippen LogP contribution in [-0.2, 0) is 14.3 Å². The third kappa shape index (κ3) is 4.20. The van der Waals surface area contributed by atoms with E-state index in [1.54, 1.807) is 55.6 Å². The summed E-state index contributed by atoms with van der Waals surface area (Å²) in [7, 11) is 2.83. The van der Waals surface area contributed by atoms with Crippen molar-refractivity contribution in [1.82, 2.24) is 4.98 Å². The van der Waals surface area contributed by atoms with Gasteiger partial charge in [-0.2, -0.15) is 0 Å². The first-order valence-corrected chi connectivity index (χ1v) is 13.0. The molecule has 11 heteroatoms. The Kier molecular flexibility index (Phi) is 6.35. The van der Waals surface area contributed by atoms with Crippen LogP contribution in [0.2, 0.25) is 0 Å². The molecule has 4 aromatic rings. The lowest BCUT2D eigenvalue weighted by atomic mass is 9.94. The number of esters is 1. The number of aromatic nitrogens is 1. The van der Waals surface area contributed by atoms with Crippen molar-refractivity contribution in [3.05, 3.63) is 82.9 Å². The van der Waals surface area contributed by atoms with Gasteiger partial charge >= 0.3 is 11.9 Å². The monoisotopic (exact) mass is 558 g/mol. The van der Waals surface area contributed by atoms with Gasteiger partial charge in [-0.05, 0) is 54.1 Å². The highest BCUT2D eigenvalue weighted by molar-refractivity contribution is 7.22. The van der Waals surface area contributed by atoms with Crippen molar-refractivity contribution in [3.8, 4) is 17.2 Å². The van der Waals surface area contributed by atoms with Gasteiger partial charge in [-0.3, -0.25) is 14.5 Å². The van der Waals surface area contributed by atoms with Crippen molar-refractivity contribution < 1.29 is 38.4 Å². The number of Topliss-reactive ketones (excluding diaryl/α,β-unsaturated/α-hetero) is 1. The number of nitrogens with zero attached hydrogens (tertiary/aromatic N) is 2. The van der Waals surface area contributed by atoms with Crippen molar-refractivity contribution in [2.45, 2.75) is 6.04 Å². The van der Waals surface area contributed by atoms with E-state index in [2.05, 4.69) is 4.98 Å². The largest absolute Gasteiger partial charge is 0.507 e. The van der Waals surface area contributed by atoms with E-state index in [4.69, 9.17) is 18.9 Å². The van der Waals surface area contributed by atoms with Crippen molar-refractivity contribution in [3.63, 3.8) is 0 Å². The van der Waals surface area contributed by atoms with Gasteiger partial charge in [-0.15, -0.1) is 0 Å². The zero-order valence-corrected chi connectivity index (χ0v) is 22.2. The van der Waals surface area contributed by atoms with E-state index in [0.29, 0.717) is 47.1 Å². The van der Waals surface area contributed by atoms with Crippen molar-refractivity contribution in [1.29, 1.82) is 0 Å². The number of benzene rings is 3. The molecule has 202 valence electrons. The number of hydrogen-bond acceptors (Lipinski definition) is 10. The molecule has 40 heavy (non-hydrogen) atoms. The summed E-state index contributed by atoms with van der Waals surface area (Å²) in [5.41, 5.74) is 1.57. The summed E-state index contributed by atoms with van der Waals surface area (Å²) >= 11 is 1.22. The number of amides is 1. The molecular formula is C29H22N2O8S. The molecule has 1 amide bonds. The smallest absolute Gasteiger partial charge is 0.337 e. The molecule has 0 aliphatic carbocycles. The summed E-state index contributed by atoms with van der Waals surface area (Å²) in [6.07, 6.45) is 0. The Morgan fingerprint density at radius 2 is 1.70 bits per heavy atom. The maximum atomic E-state index is 13.5. The lowest BCUT2D eigenvalue weighted by molar-refractivity contribution is -0.132. The van der Waals surface area contributed by atoms with Crippen molar-refractivity contribution in [2.24, 2.45) is 0 Å². The Bertz CT molecular complexity index is 1710. The molecule has 0 radical (unpaired) electrons. The first-order chi connectivity index (χ1) is 19.4. The molecule has 0 unspecified atom stereocenters. The molecule has 10 nitrogen and oxygen atoms in total. The number of anilines is 1. The normalized spacial score (nSPS) is 17.8. The summed E-state index contributed by atoms with van der Waals surface area (Å²) in [6, 6.07) is 15.4. The van der Waals surface area contributed by atoms with Crippen molar-refractivity contribution >= 4 is 50.1 Å². The molecule has 1 N–H and O–H groups in total. The number of carbonyl (C=O) groups excluding carboxylic acids is 3. The number of carbonyl (C=O) groups is 3. The second-order valence-corrected chi connectivity index (χ2v) is 9.98. The first kappa shape index (κ1) is 25.4. The summed E-state index contributed by atoms with van der Waals surface area (Å²) in [5, 5.41) is 11.7. The Morgan fingerprint density at radius 3 is 2.42 bits per heavy atom. The van der Waals surface area contributed by atoms with Crippen LogP contribution in [0.3, 0.4) is 0 Å². The summed E-state index contributed by atoms with van der Waals surface area (Å²) in [6.45, 7) is 0.746. The van der Waals surface area contributed by atoms with Crippen LogP contribution in [0.25, 0.3) is 16.0 Å². The second kappa shape index (κ2) is 10.0. The molecule has 1 aromatic heterocycles. The molecule has 1 atom stereocenters. The highest BCUT2D eigenvalue weighted by atomic mass is 32.1. The average Bonchev–Trinajstić information content (AvgIpc) is 3.53. The van der Waals surface area contributed by atoms with Crippen LogP contribution in [-0.4, -0.2) is 55.2 Å². The maximum absolute atomic E-state index is 13.5. The molecule has 0 saturated carbocycles. The van der Waals surface area contributed by atoms with E-state index in [1.165, 1.54) is 35.5 Å². The van der Waals surface area contributed by atoms with Gasteiger partial charge in [0.15, 0.2) is 16.6 Å². The highest BCUT2D eigenvalue weighted by Crippen LogP contribution is 2.45. The van der Waals surface area contributed by atoms with Gasteiger partial charge in [0.05, 0.1) is 41.6 Å². The number of rotatable bonds is 5. The molecule has 3 heterocycles. The molecule has 0 bridgehead atoms. The van der Waals surface area contributed by atoms with Crippen LogP contribution in [0.5, 0.6) is 17.2 Å². The maximum Gasteiger partial charge on any atom is 0.337 e. The van der Waals surface area contributed by atoms with Crippen LogP contribution < -0.4 is 19.1 Å². The number of hydrogen-bond donors (Lipinski definition) is 1. The minimum atomic E-state index is -1.03. The van der Waals surface area contributed by atoms with Gasteiger partial charge < -0.3 is 24.1 Å². The summed E-state index contributed by atoms with van der Waals surface area (Å²) in [5.74, 6) is -1.05. The fraction of sp³-hybridized carbons (Fsp3) is 0.172. The molecule has 3 aromatic carbocycles. The minimum absolute atomic E-state index is 0.121. The van der Waals surface area contributed by atoms with Gasteiger partial charge in [-0.25, -0.2) is 9.78 Å². The van der Waals surface area contributed by atoms with E-state index < -0.39 is 23.7 Å². The predicted octanol–water partition coefficient (Wildman–Crippen LogP) is 4.49. The van der Waals surface area contributed by atoms with Gasteiger partial charge in [0.1, 0.15) is 24.7 Å². The van der Waals surface area contributed by atoms with Crippen LogP contribution in [0.1, 0.15) is 27.5 Å². The molecular weight excluding hydrogens is 536 g/mol. The summed E-state index contributed by atoms with van der Waals surface area (Å²) in [4.78, 5) is 45.0. The number of ketones is 1. The predicted molar refractivity (Wildman–Crippen MR) is 146 cm³/mol. The highest BCUT2D eigenvalue weighted by Gasteiger charge is 2.48. The third-order valence-corrected chi connectivity index (χ3v) is 7.72. The number of fused-ring (bicyclic) bond motifs is 2. The van der Waals surface area contributed by atoms with Gasteiger partial charge in [0.2, 0.25) is 0 Å². The Balaban J connectivity index is 1.52. The fourth-order valence-corrected chi connectivity index (χ4v) is 5.75. The number of ether oxygens (including phenoxy) is 4. The molecule has 0 spiro atoms. The first-order valence-electron chi connectivity index (χ1n) is 12.2. The van der Waals surface area contributed by atoms with E-state index in [0.717, 1.165) is 4.70 Å². The lowest BCUT2D eigenvalue weighted by Gasteiger charge is -2.23. The molecule has 2 aliphatic heterocycles. The zero-order chi connectivity index (χ0) is 28.0. The standard InChI is InChI=1S/C29H22N2O8S/c1-36-18-8-9-19-22(14-18)40-29(30-19)31-24(15-3-5-16(6-4-15)28(35)37-2)23(26(33)27(31)34)25(32)17-7-10-20-21(13-17)39-12-11-38-20/h3-10,13-14,24,32H,11-12H2,1-2H3/t24-/m1/s1. The van der Waals surface area contributed by atoms with Crippen LogP contribution >= 0.6 is 11.3 Å². The number of aliphatic hydroxyl groups is 1. The molecule has 1 saturated heterocycles. The van der Waals surface area contributed by atoms with Crippen LogP contribution in [0, 0.1) is 0 Å². The Labute approximate surface area is 232 Å². The van der Waals surface area contributed by atoms with Crippen molar-refractivity contribution in [2.75, 3.05) is 32.3 Å². The van der Waals surface area contributed by atoms with E-state index in [9.17, 15) is 19.5 Å². The van der Waals surface area contributed by atoms with E-state index >= 15 is 0 Å². The fourth-order valence-electron chi connectivity index (χ4n) is 4.73. The number of methoxy groups -OCH3 is 2. The zero-order valence-electron chi connectivity index (χ0n) is 21.4. The van der Waals surface area contributed by atoms with Crippen LogP contribution in [0.4, 0.5) is 5.13 Å². The number of aliphatic hydroxyl groups excluding tert-OH is 1. The second-order valence-electron chi connectivity index (χ2n) is 8.97. The van der Waals surface area contributed by atoms with E-state index in [-0.39, 0.29) is 22.0 Å². The molecule has 2 aliphatic rings. The van der Waals surface area contributed by atoms with Gasteiger partial charge in [0.25, 0.3) is 5.78 Å². The summed E-state index contributed by atoms with van der Waals surface area (Å²) < 4.78 is 22.1.